The van der Waals surface area contributed by atoms with Gasteiger partial charge in [0, 0.05) is 29.7 Å². The number of nitrogens with one attached hydrogen (secondary N) is 1. The van der Waals surface area contributed by atoms with Gasteiger partial charge in [-0.2, -0.15) is 0 Å². The molecule has 29 heavy (non-hydrogen) atoms. The van der Waals surface area contributed by atoms with Gasteiger partial charge in [-0.15, -0.1) is 10.2 Å². The molecule has 0 bridgehead atoms. The molecule has 0 atom stereocenters. The molecule has 6 nitrogen and oxygen atoms in total. The third-order valence-corrected chi connectivity index (χ3v) is 4.86. The van der Waals surface area contributed by atoms with Crippen molar-refractivity contribution in [1.82, 2.24) is 19.9 Å². The summed E-state index contributed by atoms with van der Waals surface area (Å²) in [6, 6.07) is 20.4. The Morgan fingerprint density at radius 3 is 2.69 bits per heavy atom. The first-order valence-electron chi connectivity index (χ1n) is 9.24. The number of hydrogen-bond donors (Lipinski definition) is 1. The molecule has 2 heterocycles. The van der Waals surface area contributed by atoms with Gasteiger partial charge in [-0.1, -0.05) is 48.0 Å². The minimum Gasteiger partial charge on any atom is -0.488 e. The average Bonchev–Trinajstić information content (AvgIpc) is 3.16. The van der Waals surface area contributed by atoms with Crippen molar-refractivity contribution in [2.75, 3.05) is 6.54 Å². The summed E-state index contributed by atoms with van der Waals surface area (Å²) in [7, 11) is 0. The number of hydrogen-bond acceptors (Lipinski definition) is 4. The summed E-state index contributed by atoms with van der Waals surface area (Å²) in [4.78, 5) is 12.7. The fraction of sp³-hybridized carbons (Fsp3) is 0.136. The first-order chi connectivity index (χ1) is 14.2. The quantitative estimate of drug-likeness (QED) is 0.505. The summed E-state index contributed by atoms with van der Waals surface area (Å²) in [5, 5.41) is 11.9. The SMILES string of the molecule is O=C(NCCc1nnc2ccccn12)c1ccccc1OCc1ccccc1Cl. The van der Waals surface area contributed by atoms with Gasteiger partial charge in [-0.3, -0.25) is 9.20 Å². The van der Waals surface area contributed by atoms with Crippen molar-refractivity contribution in [2.45, 2.75) is 13.0 Å². The predicted octanol–water partition coefficient (Wildman–Crippen LogP) is 3.93. The van der Waals surface area contributed by atoms with Crippen molar-refractivity contribution in [1.29, 1.82) is 0 Å². The van der Waals surface area contributed by atoms with E-state index in [1.165, 1.54) is 0 Å². The van der Waals surface area contributed by atoms with E-state index in [1.54, 1.807) is 12.1 Å². The highest BCUT2D eigenvalue weighted by Gasteiger charge is 2.13. The van der Waals surface area contributed by atoms with E-state index in [0.29, 0.717) is 29.3 Å². The third-order valence-electron chi connectivity index (χ3n) is 4.49. The van der Waals surface area contributed by atoms with Crippen LogP contribution in [-0.4, -0.2) is 27.0 Å². The lowest BCUT2D eigenvalue weighted by atomic mass is 10.2. The van der Waals surface area contributed by atoms with Crippen molar-refractivity contribution in [2.24, 2.45) is 0 Å². The number of carbonyl (C=O) groups excluding carboxylic acids is 1. The Balaban J connectivity index is 1.39. The van der Waals surface area contributed by atoms with E-state index in [4.69, 9.17) is 16.3 Å². The van der Waals surface area contributed by atoms with Gasteiger partial charge < -0.3 is 10.1 Å². The Kier molecular flexibility index (Phi) is 5.72. The standard InChI is InChI=1S/C22H19ClN4O2/c23-18-9-3-1-7-16(18)15-29-19-10-4-2-8-17(19)22(28)24-13-12-21-26-25-20-11-5-6-14-27(20)21/h1-11,14H,12-13,15H2,(H,24,28). The topological polar surface area (TPSA) is 68.5 Å². The molecule has 4 aromatic rings. The molecular weight excluding hydrogens is 388 g/mol. The molecule has 0 spiro atoms. The minimum absolute atomic E-state index is 0.200. The zero-order valence-electron chi connectivity index (χ0n) is 15.6. The van der Waals surface area contributed by atoms with Gasteiger partial charge in [-0.05, 0) is 30.3 Å². The van der Waals surface area contributed by atoms with Crippen LogP contribution in [0.5, 0.6) is 5.75 Å². The summed E-state index contributed by atoms with van der Waals surface area (Å²) < 4.78 is 7.77. The highest BCUT2D eigenvalue weighted by atomic mass is 35.5. The number of para-hydroxylation sites is 1. The molecule has 0 aliphatic rings. The van der Waals surface area contributed by atoms with Gasteiger partial charge in [0.25, 0.3) is 5.91 Å². The molecule has 1 N–H and O–H groups in total. The summed E-state index contributed by atoms with van der Waals surface area (Å²) >= 11 is 6.18. The molecule has 1 amide bonds. The van der Waals surface area contributed by atoms with E-state index < -0.39 is 0 Å². The largest absolute Gasteiger partial charge is 0.488 e. The zero-order valence-corrected chi connectivity index (χ0v) is 16.3. The number of halogens is 1. The molecule has 0 aliphatic heterocycles. The summed E-state index contributed by atoms with van der Waals surface area (Å²) in [6.07, 6.45) is 2.48. The average molecular weight is 407 g/mol. The molecule has 2 aromatic heterocycles. The fourth-order valence-electron chi connectivity index (χ4n) is 3.00. The number of carbonyl (C=O) groups is 1. The van der Waals surface area contributed by atoms with E-state index >= 15 is 0 Å². The molecule has 4 rings (SSSR count). The zero-order chi connectivity index (χ0) is 20.1. The first kappa shape index (κ1) is 19.0. The highest BCUT2D eigenvalue weighted by Crippen LogP contribution is 2.22. The molecule has 0 radical (unpaired) electrons. The van der Waals surface area contributed by atoms with Crippen LogP contribution < -0.4 is 10.1 Å². The van der Waals surface area contributed by atoms with Crippen molar-refractivity contribution in [3.8, 4) is 5.75 Å². The first-order valence-corrected chi connectivity index (χ1v) is 9.62. The van der Waals surface area contributed by atoms with E-state index in [1.807, 2.05) is 65.2 Å². The van der Waals surface area contributed by atoms with Crippen LogP contribution in [0.1, 0.15) is 21.7 Å². The number of nitrogens with zero attached hydrogens (tertiary/aromatic N) is 3. The van der Waals surface area contributed by atoms with Crippen LogP contribution in [0.15, 0.2) is 72.9 Å². The molecule has 2 aromatic carbocycles. The van der Waals surface area contributed by atoms with Crippen LogP contribution in [0.25, 0.3) is 5.65 Å². The minimum atomic E-state index is -0.200. The summed E-state index contributed by atoms with van der Waals surface area (Å²) in [6.45, 7) is 0.725. The monoisotopic (exact) mass is 406 g/mol. The maximum absolute atomic E-state index is 12.7. The van der Waals surface area contributed by atoms with Gasteiger partial charge in [0.1, 0.15) is 18.2 Å². The van der Waals surface area contributed by atoms with Crippen molar-refractivity contribution >= 4 is 23.2 Å². The predicted molar refractivity (Wildman–Crippen MR) is 111 cm³/mol. The Hall–Kier alpha value is -3.38. The van der Waals surface area contributed by atoms with Gasteiger partial charge in [0.2, 0.25) is 0 Å². The van der Waals surface area contributed by atoms with Crippen molar-refractivity contribution in [3.63, 3.8) is 0 Å². The number of fused-ring (bicyclic) bond motifs is 1. The van der Waals surface area contributed by atoms with E-state index in [0.717, 1.165) is 17.0 Å². The van der Waals surface area contributed by atoms with Gasteiger partial charge in [0.15, 0.2) is 5.65 Å². The molecule has 0 saturated heterocycles. The van der Waals surface area contributed by atoms with Crippen molar-refractivity contribution < 1.29 is 9.53 Å². The molecule has 0 unspecified atom stereocenters. The van der Waals surface area contributed by atoms with Gasteiger partial charge >= 0.3 is 0 Å². The van der Waals surface area contributed by atoms with Crippen LogP contribution in [0.2, 0.25) is 5.02 Å². The fourth-order valence-corrected chi connectivity index (χ4v) is 3.19. The maximum atomic E-state index is 12.7. The number of amides is 1. The van der Waals surface area contributed by atoms with Crippen LogP contribution >= 0.6 is 11.6 Å². The number of rotatable bonds is 7. The Labute approximate surface area is 173 Å². The molecule has 0 saturated carbocycles. The lowest BCUT2D eigenvalue weighted by molar-refractivity contribution is 0.0949. The molecular formula is C22H19ClN4O2. The third kappa shape index (κ3) is 4.38. The summed E-state index contributed by atoms with van der Waals surface area (Å²) in [5.74, 6) is 1.11. The normalized spacial score (nSPS) is 10.8. The summed E-state index contributed by atoms with van der Waals surface area (Å²) in [5.41, 5.74) is 2.13. The van der Waals surface area contributed by atoms with E-state index in [9.17, 15) is 4.79 Å². The van der Waals surface area contributed by atoms with E-state index in [2.05, 4.69) is 15.5 Å². The Morgan fingerprint density at radius 1 is 1.00 bits per heavy atom. The van der Waals surface area contributed by atoms with E-state index in [-0.39, 0.29) is 12.5 Å². The van der Waals surface area contributed by atoms with Crippen LogP contribution in [0.3, 0.4) is 0 Å². The number of pyridine rings is 1. The molecule has 146 valence electrons. The highest BCUT2D eigenvalue weighted by molar-refractivity contribution is 6.31. The number of ether oxygens (including phenoxy) is 1. The second-order valence-corrected chi connectivity index (χ2v) is 6.83. The van der Waals surface area contributed by atoms with Crippen LogP contribution in [0.4, 0.5) is 0 Å². The van der Waals surface area contributed by atoms with Crippen molar-refractivity contribution in [3.05, 3.63) is 94.9 Å². The van der Waals surface area contributed by atoms with Gasteiger partial charge in [-0.25, -0.2) is 0 Å². The lowest BCUT2D eigenvalue weighted by Crippen LogP contribution is -2.26. The second-order valence-electron chi connectivity index (χ2n) is 6.43. The van der Waals surface area contributed by atoms with Crippen LogP contribution in [-0.2, 0) is 13.0 Å². The molecule has 0 aliphatic carbocycles. The lowest BCUT2D eigenvalue weighted by Gasteiger charge is -2.12. The molecule has 0 fully saturated rings. The Bertz CT molecular complexity index is 1140. The van der Waals surface area contributed by atoms with Gasteiger partial charge in [0.05, 0.1) is 5.56 Å². The number of benzene rings is 2. The smallest absolute Gasteiger partial charge is 0.255 e. The number of aromatic nitrogens is 3. The maximum Gasteiger partial charge on any atom is 0.255 e. The van der Waals surface area contributed by atoms with Crippen LogP contribution in [0, 0.1) is 0 Å². The second kappa shape index (κ2) is 8.75. The Morgan fingerprint density at radius 2 is 1.79 bits per heavy atom. The molecule has 7 heteroatoms.